The number of carbonyl (C=O) groups is 2. The average molecular weight is 333 g/mol. The number of halogens is 3. The van der Waals surface area contributed by atoms with Crippen molar-refractivity contribution in [2.24, 2.45) is 0 Å². The van der Waals surface area contributed by atoms with Crippen molar-refractivity contribution in [2.45, 2.75) is 19.4 Å². The van der Waals surface area contributed by atoms with Gasteiger partial charge in [0, 0.05) is 12.6 Å². The molecule has 0 bridgehead atoms. The summed E-state index contributed by atoms with van der Waals surface area (Å²) in [6.07, 6.45) is -0.0518. The van der Waals surface area contributed by atoms with Gasteiger partial charge in [-0.05, 0) is 28.9 Å². The van der Waals surface area contributed by atoms with Gasteiger partial charge in [-0.1, -0.05) is 0 Å². The van der Waals surface area contributed by atoms with Crippen LogP contribution in [0.2, 0.25) is 0 Å². The highest BCUT2D eigenvalue weighted by molar-refractivity contribution is 9.10. The highest BCUT2D eigenvalue weighted by atomic mass is 79.9. The van der Waals surface area contributed by atoms with Crippen LogP contribution >= 0.6 is 15.9 Å². The lowest BCUT2D eigenvalue weighted by Gasteiger charge is -2.14. The van der Waals surface area contributed by atoms with Gasteiger partial charge in [0.1, 0.15) is 17.7 Å². The maximum absolute atomic E-state index is 13.6. The lowest BCUT2D eigenvalue weighted by molar-refractivity contribution is -0.138. The normalized spacial score (nSPS) is 19.2. The Morgan fingerprint density at radius 3 is 2.63 bits per heavy atom. The zero-order valence-electron chi connectivity index (χ0n) is 10.0. The van der Waals surface area contributed by atoms with E-state index in [1.165, 1.54) is 0 Å². The van der Waals surface area contributed by atoms with Gasteiger partial charge < -0.3 is 5.32 Å². The summed E-state index contributed by atoms with van der Waals surface area (Å²) in [5, 5.41) is 2.57. The highest BCUT2D eigenvalue weighted by Gasteiger charge is 2.37. The smallest absolute Gasteiger partial charge is 0.252 e. The van der Waals surface area contributed by atoms with Crippen LogP contribution in [0.1, 0.15) is 13.3 Å². The molecule has 102 valence electrons. The number of hydrogen-bond acceptors (Lipinski definition) is 3. The molecule has 4 nitrogen and oxygen atoms in total. The van der Waals surface area contributed by atoms with Crippen molar-refractivity contribution in [1.29, 1.82) is 0 Å². The summed E-state index contributed by atoms with van der Waals surface area (Å²) in [6.45, 7) is 1.95. The largest absolute Gasteiger partial charge is 0.371 e. The first-order chi connectivity index (χ1) is 8.93. The number of imide groups is 1. The van der Waals surface area contributed by atoms with Crippen molar-refractivity contribution in [3.8, 4) is 0 Å². The van der Waals surface area contributed by atoms with E-state index in [0.717, 1.165) is 17.0 Å². The first-order valence-electron chi connectivity index (χ1n) is 5.69. The van der Waals surface area contributed by atoms with Crippen molar-refractivity contribution in [1.82, 2.24) is 4.90 Å². The number of likely N-dealkylation sites (N-methyl/N-ethyl adjacent to an activating group) is 1. The Kier molecular flexibility index (Phi) is 3.84. The molecule has 0 spiro atoms. The molecule has 1 aromatic rings. The Labute approximate surface area is 116 Å². The maximum Gasteiger partial charge on any atom is 0.252 e. The van der Waals surface area contributed by atoms with Crippen LogP contribution in [-0.4, -0.2) is 29.3 Å². The molecule has 1 fully saturated rings. The molecule has 2 amide bonds. The van der Waals surface area contributed by atoms with E-state index in [-0.39, 0.29) is 29.0 Å². The van der Waals surface area contributed by atoms with Gasteiger partial charge in [0.2, 0.25) is 5.91 Å². The summed E-state index contributed by atoms with van der Waals surface area (Å²) >= 11 is 2.86. The Morgan fingerprint density at radius 2 is 2.05 bits per heavy atom. The minimum atomic E-state index is -0.845. The minimum absolute atomic E-state index is 0.000408. The highest BCUT2D eigenvalue weighted by Crippen LogP contribution is 2.25. The molecule has 1 aromatic carbocycles. The van der Waals surface area contributed by atoms with Gasteiger partial charge in [0.25, 0.3) is 5.91 Å². The molecule has 19 heavy (non-hydrogen) atoms. The van der Waals surface area contributed by atoms with E-state index in [2.05, 4.69) is 21.2 Å². The molecule has 1 heterocycles. The molecule has 0 saturated carbocycles. The van der Waals surface area contributed by atoms with E-state index in [1.807, 2.05) is 0 Å². The number of likely N-dealkylation sites (tertiary alicyclic amines) is 1. The molecule has 1 saturated heterocycles. The number of nitrogens with one attached hydrogen (secondary N) is 1. The van der Waals surface area contributed by atoms with E-state index in [4.69, 9.17) is 0 Å². The number of hydrogen-bond donors (Lipinski definition) is 1. The zero-order valence-corrected chi connectivity index (χ0v) is 11.6. The summed E-state index contributed by atoms with van der Waals surface area (Å²) < 4.78 is 27.0. The number of nitrogens with zero attached hydrogens (tertiary/aromatic N) is 1. The second kappa shape index (κ2) is 5.24. The second-order valence-corrected chi connectivity index (χ2v) is 4.98. The van der Waals surface area contributed by atoms with Crippen LogP contribution in [0.4, 0.5) is 14.5 Å². The Balaban J connectivity index is 2.21. The fraction of sp³-hybridized carbons (Fsp3) is 0.333. The van der Waals surface area contributed by atoms with E-state index >= 15 is 0 Å². The number of rotatable bonds is 3. The zero-order chi connectivity index (χ0) is 14.2. The summed E-state index contributed by atoms with van der Waals surface area (Å²) in [5.41, 5.74) is -0.134. The minimum Gasteiger partial charge on any atom is -0.371 e. The molecule has 0 radical (unpaired) electrons. The van der Waals surface area contributed by atoms with Crippen molar-refractivity contribution >= 4 is 33.4 Å². The van der Waals surface area contributed by atoms with Crippen LogP contribution in [0.3, 0.4) is 0 Å². The van der Waals surface area contributed by atoms with Gasteiger partial charge in [-0.2, -0.15) is 0 Å². The fourth-order valence-electron chi connectivity index (χ4n) is 1.95. The fourth-order valence-corrected chi connectivity index (χ4v) is 2.26. The van der Waals surface area contributed by atoms with Crippen LogP contribution < -0.4 is 5.32 Å². The summed E-state index contributed by atoms with van der Waals surface area (Å²) in [7, 11) is 0. The number of amides is 2. The van der Waals surface area contributed by atoms with Crippen molar-refractivity contribution in [3.05, 3.63) is 28.2 Å². The molecule has 1 unspecified atom stereocenters. The van der Waals surface area contributed by atoms with Crippen LogP contribution in [-0.2, 0) is 9.59 Å². The third-order valence-corrected chi connectivity index (χ3v) is 3.51. The monoisotopic (exact) mass is 332 g/mol. The molecule has 1 aliphatic heterocycles. The molecule has 2 rings (SSSR count). The van der Waals surface area contributed by atoms with E-state index in [0.29, 0.717) is 0 Å². The van der Waals surface area contributed by atoms with Gasteiger partial charge in [-0.25, -0.2) is 8.78 Å². The summed E-state index contributed by atoms with van der Waals surface area (Å²) in [4.78, 5) is 24.4. The summed E-state index contributed by atoms with van der Waals surface area (Å²) in [5.74, 6) is -2.07. The standard InChI is InChI=1S/C12H11BrF2N2O2/c1-2-17-11(18)5-10(12(17)19)16-9-4-7(14)6(13)3-8(9)15/h3-4,10,16H,2,5H2,1H3. The number of carbonyl (C=O) groups excluding carboxylic acids is 2. The average Bonchev–Trinajstić information content (AvgIpc) is 2.61. The molecule has 0 aliphatic carbocycles. The van der Waals surface area contributed by atoms with E-state index in [1.54, 1.807) is 6.92 Å². The predicted molar refractivity (Wildman–Crippen MR) is 68.5 cm³/mol. The van der Waals surface area contributed by atoms with Gasteiger partial charge in [-0.3, -0.25) is 14.5 Å². The Bertz CT molecular complexity index is 551. The Morgan fingerprint density at radius 1 is 1.37 bits per heavy atom. The molecular weight excluding hydrogens is 322 g/mol. The molecule has 1 atom stereocenters. The van der Waals surface area contributed by atoms with E-state index < -0.39 is 23.6 Å². The third-order valence-electron chi connectivity index (χ3n) is 2.90. The van der Waals surface area contributed by atoms with Crippen molar-refractivity contribution < 1.29 is 18.4 Å². The van der Waals surface area contributed by atoms with Gasteiger partial charge in [0.05, 0.1) is 16.6 Å². The molecular formula is C12H11BrF2N2O2. The van der Waals surface area contributed by atoms with Crippen molar-refractivity contribution in [2.75, 3.05) is 11.9 Å². The number of benzene rings is 1. The van der Waals surface area contributed by atoms with Crippen LogP contribution in [0.5, 0.6) is 0 Å². The maximum atomic E-state index is 13.6. The Hall–Kier alpha value is -1.50. The lowest BCUT2D eigenvalue weighted by Crippen LogP contribution is -2.34. The molecule has 7 heteroatoms. The van der Waals surface area contributed by atoms with Crippen LogP contribution in [0.25, 0.3) is 0 Å². The second-order valence-electron chi connectivity index (χ2n) is 4.12. The van der Waals surface area contributed by atoms with E-state index in [9.17, 15) is 18.4 Å². The number of anilines is 1. The van der Waals surface area contributed by atoms with Gasteiger partial charge >= 0.3 is 0 Å². The van der Waals surface area contributed by atoms with Gasteiger partial charge in [0.15, 0.2) is 0 Å². The lowest BCUT2D eigenvalue weighted by atomic mass is 10.2. The topological polar surface area (TPSA) is 49.4 Å². The van der Waals surface area contributed by atoms with Crippen LogP contribution in [0.15, 0.2) is 16.6 Å². The molecule has 1 N–H and O–H groups in total. The third kappa shape index (κ3) is 2.60. The molecule has 0 aromatic heterocycles. The first kappa shape index (κ1) is 13.9. The SMILES string of the molecule is CCN1C(=O)CC(Nc2cc(F)c(Br)cc2F)C1=O. The summed E-state index contributed by atoms with van der Waals surface area (Å²) in [6, 6.07) is 1.07. The van der Waals surface area contributed by atoms with Gasteiger partial charge in [-0.15, -0.1) is 0 Å². The first-order valence-corrected chi connectivity index (χ1v) is 6.48. The quantitative estimate of drug-likeness (QED) is 0.682. The van der Waals surface area contributed by atoms with Crippen LogP contribution in [0, 0.1) is 11.6 Å². The molecule has 1 aliphatic rings. The van der Waals surface area contributed by atoms with Crippen molar-refractivity contribution in [3.63, 3.8) is 0 Å². The predicted octanol–water partition coefficient (Wildman–Crippen LogP) is 2.29.